The number of hydrogen-bond acceptors (Lipinski definition) is 6. The Morgan fingerprint density at radius 3 is 2.42 bits per heavy atom. The third kappa shape index (κ3) is 6.56. The number of nitrogens with one attached hydrogen (secondary N) is 1. The van der Waals surface area contributed by atoms with Crippen LogP contribution in [0.3, 0.4) is 0 Å². The van der Waals surface area contributed by atoms with Gasteiger partial charge in [-0.25, -0.2) is 27.2 Å². The Morgan fingerprint density at radius 1 is 1.05 bits per heavy atom. The minimum Gasteiger partial charge on any atom is -0.324 e. The number of hydrogen-bond donors (Lipinski definition) is 1. The molecule has 0 bridgehead atoms. The molecule has 1 fully saturated rings. The Labute approximate surface area is 224 Å². The molecule has 6 nitrogen and oxygen atoms in total. The molecule has 0 saturated carbocycles. The molecule has 0 amide bonds. The van der Waals surface area contributed by atoms with Gasteiger partial charge < -0.3 is 10.2 Å². The molecular formula is C29H36F2N4O2S. The van der Waals surface area contributed by atoms with E-state index in [0.717, 1.165) is 42.6 Å². The van der Waals surface area contributed by atoms with Crippen LogP contribution in [0.15, 0.2) is 42.6 Å². The number of aromatic nitrogens is 2. The highest BCUT2D eigenvalue weighted by molar-refractivity contribution is 7.91. The maximum atomic E-state index is 15.0. The zero-order chi connectivity index (χ0) is 27.7. The molecule has 204 valence electrons. The topological polar surface area (TPSA) is 75.2 Å². The first-order chi connectivity index (χ1) is 17.8. The van der Waals surface area contributed by atoms with Crippen molar-refractivity contribution in [2.24, 2.45) is 0 Å². The van der Waals surface area contributed by atoms with Crippen molar-refractivity contribution in [1.29, 1.82) is 0 Å². The molecule has 0 radical (unpaired) electrons. The molecule has 1 N–H and O–H groups in total. The number of aryl methyl sites for hydroxylation is 1. The zero-order valence-electron chi connectivity index (χ0n) is 22.7. The van der Waals surface area contributed by atoms with Crippen LogP contribution in [0.25, 0.3) is 0 Å². The zero-order valence-corrected chi connectivity index (χ0v) is 23.5. The highest BCUT2D eigenvalue weighted by Gasteiger charge is 2.30. The minimum atomic E-state index is -3.54. The summed E-state index contributed by atoms with van der Waals surface area (Å²) >= 11 is 0. The molecule has 9 heteroatoms. The lowest BCUT2D eigenvalue weighted by Gasteiger charge is -2.29. The number of anilines is 2. The third-order valence-electron chi connectivity index (χ3n) is 7.25. The summed E-state index contributed by atoms with van der Waals surface area (Å²) in [5.41, 5.74) is 3.74. The van der Waals surface area contributed by atoms with Crippen molar-refractivity contribution in [3.63, 3.8) is 0 Å². The summed E-state index contributed by atoms with van der Waals surface area (Å²) in [4.78, 5) is 11.2. The van der Waals surface area contributed by atoms with E-state index in [0.29, 0.717) is 23.8 Å². The van der Waals surface area contributed by atoms with E-state index in [1.54, 1.807) is 39.1 Å². The number of piperidine rings is 1. The Hall–Kier alpha value is -2.91. The SMILES string of the molecule is Cc1cnc(Nc2ccc(C3CCN(C)CC3)c(F)c2)nc1Cc1ccc(F)c(CS(=O)(=O)C(C)(C)C)c1. The first-order valence-electron chi connectivity index (χ1n) is 12.9. The van der Waals surface area contributed by atoms with Crippen LogP contribution in [0, 0.1) is 18.6 Å². The first kappa shape index (κ1) is 28.1. The summed E-state index contributed by atoms with van der Waals surface area (Å²) in [5, 5.41) is 3.09. The van der Waals surface area contributed by atoms with Crippen molar-refractivity contribution in [3.8, 4) is 0 Å². The molecule has 3 aromatic rings. The van der Waals surface area contributed by atoms with E-state index < -0.39 is 20.4 Å². The van der Waals surface area contributed by atoms with Gasteiger partial charge in [0.05, 0.1) is 16.2 Å². The van der Waals surface area contributed by atoms with E-state index in [9.17, 15) is 17.2 Å². The van der Waals surface area contributed by atoms with Gasteiger partial charge in [0.1, 0.15) is 11.6 Å². The lowest BCUT2D eigenvalue weighted by Crippen LogP contribution is -2.29. The lowest BCUT2D eigenvalue weighted by atomic mass is 9.89. The molecule has 1 aromatic heterocycles. The van der Waals surface area contributed by atoms with E-state index in [2.05, 4.69) is 27.2 Å². The molecule has 0 unspecified atom stereocenters. The second-order valence-corrected chi connectivity index (χ2v) is 14.0. The van der Waals surface area contributed by atoms with Crippen molar-refractivity contribution in [3.05, 3.63) is 82.2 Å². The van der Waals surface area contributed by atoms with Crippen LogP contribution < -0.4 is 5.32 Å². The van der Waals surface area contributed by atoms with Gasteiger partial charge in [-0.3, -0.25) is 0 Å². The maximum Gasteiger partial charge on any atom is 0.227 e. The molecule has 0 atom stereocenters. The fourth-order valence-corrected chi connectivity index (χ4v) is 5.63. The first-order valence-corrected chi connectivity index (χ1v) is 14.5. The third-order valence-corrected chi connectivity index (χ3v) is 9.81. The molecule has 4 rings (SSSR count). The Morgan fingerprint density at radius 2 is 1.76 bits per heavy atom. The van der Waals surface area contributed by atoms with E-state index in [1.807, 2.05) is 19.1 Å². The van der Waals surface area contributed by atoms with Gasteiger partial charge in [0.15, 0.2) is 9.84 Å². The Bertz CT molecular complexity index is 1410. The van der Waals surface area contributed by atoms with Crippen LogP contribution in [0.1, 0.15) is 67.5 Å². The van der Waals surface area contributed by atoms with Crippen molar-refractivity contribution >= 4 is 21.5 Å². The summed E-state index contributed by atoms with van der Waals surface area (Å²) < 4.78 is 53.7. The number of likely N-dealkylation sites (tertiary alicyclic amines) is 1. The van der Waals surface area contributed by atoms with Gasteiger partial charge >= 0.3 is 0 Å². The molecule has 1 saturated heterocycles. The molecule has 0 aliphatic carbocycles. The molecule has 1 aliphatic heterocycles. The number of nitrogens with zero attached hydrogens (tertiary/aromatic N) is 3. The predicted octanol–water partition coefficient (Wildman–Crippen LogP) is 5.92. The van der Waals surface area contributed by atoms with Crippen LogP contribution in [0.5, 0.6) is 0 Å². The standard InChI is InChI=1S/C29H36F2N4O2S/c1-19-17-32-28(33-23-7-8-24(26(31)16-23)21-10-12-35(5)13-11-21)34-27(19)15-20-6-9-25(30)22(14-20)18-38(36,37)29(2,3)4/h6-9,14,16-17,21H,10-13,15,18H2,1-5H3,(H,32,33,34). The van der Waals surface area contributed by atoms with Gasteiger partial charge in [0.25, 0.3) is 0 Å². The monoisotopic (exact) mass is 542 g/mol. The average Bonchev–Trinajstić information content (AvgIpc) is 2.83. The molecular weight excluding hydrogens is 506 g/mol. The second-order valence-electron chi connectivity index (χ2n) is 11.2. The van der Waals surface area contributed by atoms with Gasteiger partial charge in [-0.1, -0.05) is 18.2 Å². The summed E-state index contributed by atoms with van der Waals surface area (Å²) in [6.07, 6.45) is 3.94. The quantitative estimate of drug-likeness (QED) is 0.400. The van der Waals surface area contributed by atoms with E-state index >= 15 is 0 Å². The van der Waals surface area contributed by atoms with Crippen LogP contribution >= 0.6 is 0 Å². The summed E-state index contributed by atoms with van der Waals surface area (Å²) in [7, 11) is -1.45. The highest BCUT2D eigenvalue weighted by atomic mass is 32.2. The predicted molar refractivity (Wildman–Crippen MR) is 148 cm³/mol. The van der Waals surface area contributed by atoms with E-state index in [1.165, 1.54) is 12.1 Å². The Balaban J connectivity index is 1.51. The normalized spacial score (nSPS) is 15.6. The largest absolute Gasteiger partial charge is 0.324 e. The van der Waals surface area contributed by atoms with Gasteiger partial charge in [0, 0.05) is 23.9 Å². The summed E-state index contributed by atoms with van der Waals surface area (Å²) in [6, 6.07) is 9.69. The average molecular weight is 543 g/mol. The Kier molecular flexibility index (Phi) is 8.18. The highest BCUT2D eigenvalue weighted by Crippen LogP contribution is 2.31. The fourth-order valence-electron chi connectivity index (χ4n) is 4.56. The van der Waals surface area contributed by atoms with E-state index in [4.69, 9.17) is 0 Å². The number of rotatable bonds is 7. The lowest BCUT2D eigenvalue weighted by molar-refractivity contribution is 0.253. The van der Waals surface area contributed by atoms with Crippen molar-refractivity contribution in [2.75, 3.05) is 25.5 Å². The molecule has 0 spiro atoms. The number of benzene rings is 2. The van der Waals surface area contributed by atoms with Gasteiger partial charge in [-0.2, -0.15) is 0 Å². The van der Waals surface area contributed by atoms with Gasteiger partial charge in [-0.15, -0.1) is 0 Å². The molecule has 38 heavy (non-hydrogen) atoms. The van der Waals surface area contributed by atoms with Crippen molar-refractivity contribution in [1.82, 2.24) is 14.9 Å². The van der Waals surface area contributed by atoms with Crippen LogP contribution in [0.2, 0.25) is 0 Å². The van der Waals surface area contributed by atoms with Crippen LogP contribution in [0.4, 0.5) is 20.4 Å². The molecule has 2 heterocycles. The molecule has 2 aromatic carbocycles. The summed E-state index contributed by atoms with van der Waals surface area (Å²) in [5.74, 6) is -0.601. The van der Waals surface area contributed by atoms with Crippen molar-refractivity contribution in [2.45, 2.75) is 63.4 Å². The fraction of sp³-hybridized carbons (Fsp3) is 0.448. The summed E-state index contributed by atoms with van der Waals surface area (Å²) in [6.45, 7) is 8.63. The second kappa shape index (κ2) is 11.1. The van der Waals surface area contributed by atoms with Crippen molar-refractivity contribution < 1.29 is 17.2 Å². The van der Waals surface area contributed by atoms with E-state index in [-0.39, 0.29) is 23.1 Å². The van der Waals surface area contributed by atoms with Gasteiger partial charge in [-0.05, 0) is 101 Å². The number of sulfone groups is 1. The smallest absolute Gasteiger partial charge is 0.227 e. The van der Waals surface area contributed by atoms with Crippen LogP contribution in [-0.2, 0) is 22.0 Å². The number of halogens is 2. The van der Waals surface area contributed by atoms with Gasteiger partial charge in [0.2, 0.25) is 5.95 Å². The molecule has 1 aliphatic rings. The minimum absolute atomic E-state index is 0.141. The maximum absolute atomic E-state index is 15.0. The van der Waals surface area contributed by atoms with Crippen LogP contribution in [-0.4, -0.2) is 48.2 Å².